The van der Waals surface area contributed by atoms with Crippen LogP contribution in [0.25, 0.3) is 6.08 Å². The number of nitrogens with zero attached hydrogens (tertiary/aromatic N) is 5. The number of benzene rings is 1. The van der Waals surface area contributed by atoms with Crippen LogP contribution in [0.5, 0.6) is 0 Å². The molecule has 150 valence electrons. The molecule has 1 aliphatic rings. The van der Waals surface area contributed by atoms with Gasteiger partial charge in [0, 0.05) is 58.1 Å². The first-order valence-electron chi connectivity index (χ1n) is 10.4. The quantitative estimate of drug-likeness (QED) is 0.696. The number of aromatic nitrogens is 2. The maximum atomic E-state index is 4.85. The Morgan fingerprint density at radius 1 is 1.07 bits per heavy atom. The highest BCUT2D eigenvalue weighted by Crippen LogP contribution is 2.18. The Hall–Kier alpha value is -2.40. The van der Waals surface area contributed by atoms with Gasteiger partial charge in [-0.1, -0.05) is 55.8 Å². The zero-order valence-corrected chi connectivity index (χ0v) is 17.5. The number of anilines is 2. The van der Waals surface area contributed by atoms with Crippen molar-refractivity contribution in [3.63, 3.8) is 0 Å². The lowest BCUT2D eigenvalue weighted by Gasteiger charge is -2.34. The third kappa shape index (κ3) is 5.80. The molecule has 0 radical (unpaired) electrons. The molecule has 5 nitrogen and oxygen atoms in total. The van der Waals surface area contributed by atoms with Gasteiger partial charge in [0.25, 0.3) is 0 Å². The average Bonchev–Trinajstić information content (AvgIpc) is 2.73. The molecule has 0 unspecified atom stereocenters. The van der Waals surface area contributed by atoms with Gasteiger partial charge < -0.3 is 9.80 Å². The van der Waals surface area contributed by atoms with Crippen LogP contribution in [0.15, 0.2) is 42.5 Å². The van der Waals surface area contributed by atoms with Gasteiger partial charge in [0.15, 0.2) is 0 Å². The van der Waals surface area contributed by atoms with Crippen LogP contribution in [0.1, 0.15) is 31.0 Å². The summed E-state index contributed by atoms with van der Waals surface area (Å²) in [6.45, 7) is 10.3. The van der Waals surface area contributed by atoms with Gasteiger partial charge in [0.05, 0.1) is 0 Å². The van der Waals surface area contributed by atoms with Crippen molar-refractivity contribution in [3.05, 3.63) is 53.7 Å². The summed E-state index contributed by atoms with van der Waals surface area (Å²) in [5, 5.41) is 0. The molecule has 1 aromatic carbocycles. The van der Waals surface area contributed by atoms with E-state index in [2.05, 4.69) is 84.1 Å². The minimum absolute atomic E-state index is 0.873. The molecule has 28 heavy (non-hydrogen) atoms. The highest BCUT2D eigenvalue weighted by atomic mass is 15.3. The molecule has 1 fully saturated rings. The third-order valence-electron chi connectivity index (χ3n) is 5.20. The van der Waals surface area contributed by atoms with Gasteiger partial charge in [0.1, 0.15) is 5.82 Å². The molecule has 1 aromatic heterocycles. The fourth-order valence-corrected chi connectivity index (χ4v) is 3.42. The molecule has 0 saturated carbocycles. The largest absolute Gasteiger partial charge is 0.360 e. The number of hydrogen-bond donors (Lipinski definition) is 0. The van der Waals surface area contributed by atoms with Crippen LogP contribution in [-0.2, 0) is 0 Å². The first kappa shape index (κ1) is 20.3. The van der Waals surface area contributed by atoms with Crippen molar-refractivity contribution >= 4 is 17.8 Å². The van der Waals surface area contributed by atoms with Crippen molar-refractivity contribution in [2.45, 2.75) is 26.7 Å². The zero-order chi connectivity index (χ0) is 19.8. The number of piperazine rings is 1. The van der Waals surface area contributed by atoms with Crippen LogP contribution < -0.4 is 9.80 Å². The molecule has 0 spiro atoms. The molecule has 2 heterocycles. The molecule has 1 saturated heterocycles. The molecule has 0 atom stereocenters. The van der Waals surface area contributed by atoms with E-state index in [1.165, 1.54) is 18.4 Å². The van der Waals surface area contributed by atoms with Crippen molar-refractivity contribution in [2.75, 3.05) is 56.1 Å². The summed E-state index contributed by atoms with van der Waals surface area (Å²) in [4.78, 5) is 16.6. The SMILES string of the molecule is CCCCN(C)c1cc(C)nc(N2CCN(C/C=C/c3ccccc3)CC2)n1. The molecular weight excluding hydrogens is 346 g/mol. The second-order valence-corrected chi connectivity index (χ2v) is 7.54. The Morgan fingerprint density at radius 3 is 2.54 bits per heavy atom. The van der Waals surface area contributed by atoms with Gasteiger partial charge in [0.2, 0.25) is 5.95 Å². The van der Waals surface area contributed by atoms with Crippen LogP contribution in [-0.4, -0.2) is 61.2 Å². The standard InChI is InChI=1S/C23H33N5/c1-4-5-13-26(3)22-19-20(2)24-23(25-22)28-17-15-27(16-18-28)14-9-12-21-10-7-6-8-11-21/h6-12,19H,4-5,13-18H2,1-3H3/b12-9+. The van der Waals surface area contributed by atoms with Crippen LogP contribution >= 0.6 is 0 Å². The predicted molar refractivity (Wildman–Crippen MR) is 119 cm³/mol. The maximum Gasteiger partial charge on any atom is 0.227 e. The minimum atomic E-state index is 0.873. The Labute approximate surface area is 169 Å². The van der Waals surface area contributed by atoms with Crippen LogP contribution in [0.2, 0.25) is 0 Å². The molecular formula is C23H33N5. The van der Waals surface area contributed by atoms with E-state index in [1.54, 1.807) is 0 Å². The number of hydrogen-bond acceptors (Lipinski definition) is 5. The first-order valence-corrected chi connectivity index (χ1v) is 10.4. The van der Waals surface area contributed by atoms with E-state index in [-0.39, 0.29) is 0 Å². The normalized spacial score (nSPS) is 15.3. The molecule has 0 aliphatic carbocycles. The van der Waals surface area contributed by atoms with Gasteiger partial charge >= 0.3 is 0 Å². The van der Waals surface area contributed by atoms with Gasteiger partial charge in [-0.2, -0.15) is 4.98 Å². The summed E-state index contributed by atoms with van der Waals surface area (Å²) < 4.78 is 0. The van der Waals surface area contributed by atoms with Gasteiger partial charge in [-0.05, 0) is 18.9 Å². The summed E-state index contributed by atoms with van der Waals surface area (Å²) in [5.74, 6) is 1.90. The number of rotatable bonds is 8. The van der Waals surface area contributed by atoms with Crippen LogP contribution in [0.3, 0.4) is 0 Å². The molecule has 3 rings (SSSR count). The van der Waals surface area contributed by atoms with Crippen molar-refractivity contribution in [3.8, 4) is 0 Å². The van der Waals surface area contributed by atoms with E-state index in [0.717, 1.165) is 56.7 Å². The van der Waals surface area contributed by atoms with Crippen molar-refractivity contribution < 1.29 is 0 Å². The van der Waals surface area contributed by atoms with E-state index < -0.39 is 0 Å². The van der Waals surface area contributed by atoms with E-state index >= 15 is 0 Å². The van der Waals surface area contributed by atoms with Gasteiger partial charge in [-0.25, -0.2) is 4.98 Å². The van der Waals surface area contributed by atoms with Crippen LogP contribution in [0, 0.1) is 6.92 Å². The Morgan fingerprint density at radius 2 is 1.82 bits per heavy atom. The highest BCUT2D eigenvalue weighted by molar-refractivity contribution is 5.49. The first-order chi connectivity index (χ1) is 13.7. The lowest BCUT2D eigenvalue weighted by molar-refractivity contribution is 0.283. The fraction of sp³-hybridized carbons (Fsp3) is 0.478. The van der Waals surface area contributed by atoms with E-state index in [9.17, 15) is 0 Å². The lowest BCUT2D eigenvalue weighted by Crippen LogP contribution is -2.47. The Kier molecular flexibility index (Phi) is 7.43. The van der Waals surface area contributed by atoms with E-state index in [0.29, 0.717) is 0 Å². The van der Waals surface area contributed by atoms with Crippen LogP contribution in [0.4, 0.5) is 11.8 Å². The summed E-state index contributed by atoms with van der Waals surface area (Å²) in [5.41, 5.74) is 2.30. The van der Waals surface area contributed by atoms with Gasteiger partial charge in [-0.15, -0.1) is 0 Å². The average molecular weight is 380 g/mol. The summed E-state index contributed by atoms with van der Waals surface area (Å²) in [6.07, 6.45) is 6.84. The van der Waals surface area contributed by atoms with Crippen molar-refractivity contribution in [1.82, 2.24) is 14.9 Å². The third-order valence-corrected chi connectivity index (χ3v) is 5.20. The number of unbranched alkanes of at least 4 members (excludes halogenated alkanes) is 1. The summed E-state index contributed by atoms with van der Waals surface area (Å²) in [6, 6.07) is 12.6. The molecule has 0 amide bonds. The summed E-state index contributed by atoms with van der Waals surface area (Å²) >= 11 is 0. The Bertz CT molecular complexity index is 751. The lowest BCUT2D eigenvalue weighted by atomic mass is 10.2. The monoisotopic (exact) mass is 379 g/mol. The smallest absolute Gasteiger partial charge is 0.227 e. The summed E-state index contributed by atoms with van der Waals surface area (Å²) in [7, 11) is 2.12. The second-order valence-electron chi connectivity index (χ2n) is 7.54. The Balaban J connectivity index is 1.54. The highest BCUT2D eigenvalue weighted by Gasteiger charge is 2.19. The minimum Gasteiger partial charge on any atom is -0.360 e. The van der Waals surface area contributed by atoms with Crippen molar-refractivity contribution in [1.29, 1.82) is 0 Å². The molecule has 0 bridgehead atoms. The predicted octanol–water partition coefficient (Wildman–Crippen LogP) is 3.86. The van der Waals surface area contributed by atoms with E-state index in [1.807, 2.05) is 0 Å². The number of aryl methyl sites for hydroxylation is 1. The molecule has 1 aliphatic heterocycles. The van der Waals surface area contributed by atoms with Crippen molar-refractivity contribution in [2.24, 2.45) is 0 Å². The molecule has 2 aromatic rings. The topological polar surface area (TPSA) is 35.5 Å². The van der Waals surface area contributed by atoms with E-state index in [4.69, 9.17) is 9.97 Å². The second kappa shape index (κ2) is 10.2. The zero-order valence-electron chi connectivity index (χ0n) is 17.5. The molecule has 0 N–H and O–H groups in total. The maximum absolute atomic E-state index is 4.85. The van der Waals surface area contributed by atoms with Gasteiger partial charge in [-0.3, -0.25) is 4.90 Å². The molecule has 5 heteroatoms. The fourth-order valence-electron chi connectivity index (χ4n) is 3.42.